The van der Waals surface area contributed by atoms with Gasteiger partial charge in [-0.05, 0) is 22.9 Å². The number of methoxy groups -OCH3 is 1. The Labute approximate surface area is 213 Å². The van der Waals surface area contributed by atoms with Crippen LogP contribution in [0, 0.1) is 0 Å². The Morgan fingerprint density at radius 2 is 1.59 bits per heavy atom. The fourth-order valence-corrected chi connectivity index (χ4v) is 5.28. The summed E-state index contributed by atoms with van der Waals surface area (Å²) in [5, 5.41) is 14.3. The Bertz CT molecular complexity index is 1710. The first-order valence-electron chi connectivity index (χ1n) is 12.0. The molecular formula is C31H24N2O4. The number of nitrogens with one attached hydrogen (secondary N) is 1. The summed E-state index contributed by atoms with van der Waals surface area (Å²) in [6, 6.07) is 27.6. The largest absolute Gasteiger partial charge is 0.507 e. The number of hydrogen-bond donors (Lipinski definition) is 2. The first kappa shape index (κ1) is 22.6. The number of aliphatic hydroxyl groups is 1. The van der Waals surface area contributed by atoms with Gasteiger partial charge in [-0.3, -0.25) is 9.59 Å². The van der Waals surface area contributed by atoms with E-state index in [2.05, 4.69) is 4.98 Å². The van der Waals surface area contributed by atoms with Gasteiger partial charge in [0.1, 0.15) is 11.5 Å². The van der Waals surface area contributed by atoms with Crippen LogP contribution in [-0.2, 0) is 16.1 Å². The van der Waals surface area contributed by atoms with Crippen molar-refractivity contribution in [2.24, 2.45) is 0 Å². The van der Waals surface area contributed by atoms with Gasteiger partial charge >= 0.3 is 0 Å². The lowest BCUT2D eigenvalue weighted by atomic mass is 9.93. The number of benzene rings is 4. The fourth-order valence-electron chi connectivity index (χ4n) is 5.28. The second kappa shape index (κ2) is 8.99. The molecule has 5 aromatic rings. The Kier molecular flexibility index (Phi) is 5.49. The number of aromatic amines is 1. The number of rotatable bonds is 5. The lowest BCUT2D eigenvalue weighted by molar-refractivity contribution is -0.140. The van der Waals surface area contributed by atoms with Crippen molar-refractivity contribution >= 4 is 39.1 Å². The van der Waals surface area contributed by atoms with E-state index in [0.717, 1.165) is 32.8 Å². The molecule has 37 heavy (non-hydrogen) atoms. The molecule has 6 nitrogen and oxygen atoms in total. The predicted octanol–water partition coefficient (Wildman–Crippen LogP) is 5.95. The molecule has 1 aromatic heterocycles. The van der Waals surface area contributed by atoms with E-state index in [1.807, 2.05) is 91.1 Å². The van der Waals surface area contributed by atoms with Gasteiger partial charge in [-0.2, -0.15) is 0 Å². The molecular weight excluding hydrogens is 464 g/mol. The smallest absolute Gasteiger partial charge is 0.295 e. The average Bonchev–Trinajstić information content (AvgIpc) is 3.47. The first-order chi connectivity index (χ1) is 18.1. The number of ketones is 1. The molecule has 0 aliphatic carbocycles. The third-order valence-electron chi connectivity index (χ3n) is 7.03. The summed E-state index contributed by atoms with van der Waals surface area (Å²) >= 11 is 0. The maximum absolute atomic E-state index is 13.6. The molecule has 1 unspecified atom stereocenters. The average molecular weight is 489 g/mol. The Morgan fingerprint density at radius 3 is 2.43 bits per heavy atom. The van der Waals surface area contributed by atoms with E-state index in [9.17, 15) is 14.7 Å². The molecule has 6 heteroatoms. The molecule has 2 N–H and O–H groups in total. The highest BCUT2D eigenvalue weighted by Crippen LogP contribution is 2.43. The van der Waals surface area contributed by atoms with Crippen LogP contribution in [0.1, 0.15) is 22.7 Å². The van der Waals surface area contributed by atoms with Crippen LogP contribution in [0.15, 0.2) is 103 Å². The van der Waals surface area contributed by atoms with E-state index < -0.39 is 17.7 Å². The number of aromatic nitrogens is 1. The maximum atomic E-state index is 13.6. The van der Waals surface area contributed by atoms with Crippen LogP contribution >= 0.6 is 0 Å². The number of nitrogens with zero attached hydrogens (tertiary/aromatic N) is 1. The number of fused-ring (bicyclic) bond motifs is 2. The van der Waals surface area contributed by atoms with Crippen LogP contribution < -0.4 is 4.74 Å². The van der Waals surface area contributed by atoms with Crippen LogP contribution in [0.25, 0.3) is 27.4 Å². The molecule has 6 rings (SSSR count). The SMILES string of the molecule is COc1ccccc1CN1C(=O)C(=O)/C(=C(/O)c2cccc3ccccc23)C1c1c[nH]c2ccccc12. The minimum atomic E-state index is -0.792. The van der Waals surface area contributed by atoms with Crippen LogP contribution in [0.2, 0.25) is 0 Å². The summed E-state index contributed by atoms with van der Waals surface area (Å²) < 4.78 is 5.52. The van der Waals surface area contributed by atoms with Crippen molar-refractivity contribution in [2.45, 2.75) is 12.6 Å². The number of likely N-dealkylation sites (tertiary alicyclic amines) is 1. The Hall–Kier alpha value is -4.84. The van der Waals surface area contributed by atoms with E-state index in [4.69, 9.17) is 4.74 Å². The summed E-state index contributed by atoms with van der Waals surface area (Å²) in [7, 11) is 1.57. The van der Waals surface area contributed by atoms with Crippen molar-refractivity contribution in [1.82, 2.24) is 9.88 Å². The van der Waals surface area contributed by atoms with E-state index in [0.29, 0.717) is 11.3 Å². The zero-order valence-electron chi connectivity index (χ0n) is 20.1. The third kappa shape index (κ3) is 3.65. The van der Waals surface area contributed by atoms with Crippen LogP contribution in [0.3, 0.4) is 0 Å². The lowest BCUT2D eigenvalue weighted by Crippen LogP contribution is -2.29. The van der Waals surface area contributed by atoms with Gasteiger partial charge in [0.2, 0.25) is 0 Å². The van der Waals surface area contributed by atoms with Gasteiger partial charge < -0.3 is 19.7 Å². The zero-order chi connectivity index (χ0) is 25.5. The molecule has 1 aliphatic heterocycles. The number of carbonyl (C=O) groups excluding carboxylic acids is 2. The van der Waals surface area contributed by atoms with Crippen molar-refractivity contribution < 1.29 is 19.4 Å². The number of para-hydroxylation sites is 2. The molecule has 0 bridgehead atoms. The number of amides is 1. The van der Waals surface area contributed by atoms with E-state index >= 15 is 0 Å². The van der Waals surface area contributed by atoms with Crippen molar-refractivity contribution in [3.05, 3.63) is 119 Å². The Balaban J connectivity index is 1.59. The quantitative estimate of drug-likeness (QED) is 0.182. The molecule has 1 amide bonds. The second-order valence-electron chi connectivity index (χ2n) is 9.06. The van der Waals surface area contributed by atoms with Gasteiger partial charge in [-0.25, -0.2) is 0 Å². The Morgan fingerprint density at radius 1 is 0.892 bits per heavy atom. The van der Waals surface area contributed by atoms with Gasteiger partial charge in [0.05, 0.1) is 25.3 Å². The molecule has 1 atom stereocenters. The molecule has 182 valence electrons. The monoisotopic (exact) mass is 488 g/mol. The molecule has 1 aliphatic rings. The summed E-state index contributed by atoms with van der Waals surface area (Å²) in [6.07, 6.45) is 1.81. The number of ether oxygens (including phenoxy) is 1. The highest BCUT2D eigenvalue weighted by molar-refractivity contribution is 6.46. The topological polar surface area (TPSA) is 82.6 Å². The number of Topliss-reactive ketones (excluding diaryl/α,β-unsaturated/α-hetero) is 1. The molecule has 0 radical (unpaired) electrons. The molecule has 2 heterocycles. The van der Waals surface area contributed by atoms with E-state index in [-0.39, 0.29) is 17.9 Å². The van der Waals surface area contributed by atoms with Crippen LogP contribution in [0.5, 0.6) is 5.75 Å². The first-order valence-corrected chi connectivity index (χ1v) is 12.0. The summed E-state index contributed by atoms with van der Waals surface area (Å²) in [4.78, 5) is 31.9. The standard InChI is InChI=1S/C31H24N2O4/c1-37-26-16-7-3-10-20(26)18-33-28(24-17-32-25-15-6-5-13-22(24)25)27(30(35)31(33)36)29(34)23-14-8-11-19-9-2-4-12-21(19)23/h2-17,28,32,34H,18H2,1H3/b29-27+. The second-order valence-corrected chi connectivity index (χ2v) is 9.06. The van der Waals surface area contributed by atoms with E-state index in [1.165, 1.54) is 4.90 Å². The minimum Gasteiger partial charge on any atom is -0.507 e. The van der Waals surface area contributed by atoms with Gasteiger partial charge in [0, 0.05) is 33.8 Å². The summed E-state index contributed by atoms with van der Waals surface area (Å²) in [5.41, 5.74) is 2.97. The fraction of sp³-hybridized carbons (Fsp3) is 0.0968. The zero-order valence-corrected chi connectivity index (χ0v) is 20.1. The molecule has 1 fully saturated rings. The van der Waals surface area contributed by atoms with Gasteiger partial charge in [0.25, 0.3) is 11.7 Å². The van der Waals surface area contributed by atoms with Gasteiger partial charge in [-0.15, -0.1) is 0 Å². The van der Waals surface area contributed by atoms with Crippen molar-refractivity contribution in [3.63, 3.8) is 0 Å². The number of H-pyrrole nitrogens is 1. The molecule has 1 saturated heterocycles. The van der Waals surface area contributed by atoms with Crippen molar-refractivity contribution in [2.75, 3.05) is 7.11 Å². The highest BCUT2D eigenvalue weighted by Gasteiger charge is 2.47. The summed E-state index contributed by atoms with van der Waals surface area (Å²) in [6.45, 7) is 0.144. The highest BCUT2D eigenvalue weighted by atomic mass is 16.5. The number of hydrogen-bond acceptors (Lipinski definition) is 4. The summed E-state index contributed by atoms with van der Waals surface area (Å²) in [5.74, 6) is -0.942. The van der Waals surface area contributed by atoms with E-state index in [1.54, 1.807) is 13.2 Å². The van der Waals surface area contributed by atoms with Crippen molar-refractivity contribution in [3.8, 4) is 5.75 Å². The number of aliphatic hydroxyl groups excluding tert-OH is 1. The predicted molar refractivity (Wildman–Crippen MR) is 143 cm³/mol. The van der Waals surface area contributed by atoms with Gasteiger partial charge in [0.15, 0.2) is 0 Å². The minimum absolute atomic E-state index is 0.0704. The lowest BCUT2D eigenvalue weighted by Gasteiger charge is -2.25. The number of carbonyl (C=O) groups is 2. The van der Waals surface area contributed by atoms with Gasteiger partial charge in [-0.1, -0.05) is 78.9 Å². The maximum Gasteiger partial charge on any atom is 0.295 e. The van der Waals surface area contributed by atoms with Crippen molar-refractivity contribution in [1.29, 1.82) is 0 Å². The molecule has 4 aromatic carbocycles. The van der Waals surface area contributed by atoms with Crippen LogP contribution in [-0.4, -0.2) is 33.8 Å². The third-order valence-corrected chi connectivity index (χ3v) is 7.03. The normalized spacial score (nSPS) is 17.1. The molecule has 0 spiro atoms. The van der Waals surface area contributed by atoms with Crippen LogP contribution in [0.4, 0.5) is 0 Å². The molecule has 0 saturated carbocycles.